The van der Waals surface area contributed by atoms with Crippen LogP contribution in [0.5, 0.6) is 0 Å². The van der Waals surface area contributed by atoms with Gasteiger partial charge < -0.3 is 4.90 Å². The Morgan fingerprint density at radius 1 is 1.11 bits per heavy atom. The van der Waals surface area contributed by atoms with Crippen molar-refractivity contribution in [1.82, 2.24) is 23.6 Å². The first-order valence-corrected chi connectivity index (χ1v) is 10.2. The van der Waals surface area contributed by atoms with Gasteiger partial charge in [0, 0.05) is 20.1 Å². The van der Waals surface area contributed by atoms with E-state index in [9.17, 15) is 9.59 Å². The maximum absolute atomic E-state index is 13.1. The van der Waals surface area contributed by atoms with Crippen LogP contribution in [-0.4, -0.2) is 55.5 Å². The van der Waals surface area contributed by atoms with E-state index in [2.05, 4.69) is 4.90 Å². The lowest BCUT2D eigenvalue weighted by Crippen LogP contribution is -2.41. The second-order valence-corrected chi connectivity index (χ2v) is 7.79. The number of piperidine rings is 1. The molecule has 152 valence electrons. The molecule has 2 aliphatic rings. The van der Waals surface area contributed by atoms with Gasteiger partial charge in [0.2, 0.25) is 5.95 Å². The third kappa shape index (κ3) is 2.88. The average Bonchev–Trinajstić information content (AvgIpc) is 3.11. The van der Waals surface area contributed by atoms with Gasteiger partial charge in [0.15, 0.2) is 11.2 Å². The molecule has 0 saturated carbocycles. The molecule has 0 radical (unpaired) electrons. The van der Waals surface area contributed by atoms with Gasteiger partial charge in [0.25, 0.3) is 5.56 Å². The first kappa shape index (κ1) is 18.9. The Kier molecular flexibility index (Phi) is 4.86. The van der Waals surface area contributed by atoms with Crippen molar-refractivity contribution in [1.29, 1.82) is 0 Å². The number of hydrogen-bond donors (Lipinski definition) is 0. The van der Waals surface area contributed by atoms with Crippen LogP contribution in [0.4, 0.5) is 5.95 Å². The smallest absolute Gasteiger partial charge is 0.301 e. The largest absolute Gasteiger partial charge is 0.332 e. The van der Waals surface area contributed by atoms with Crippen molar-refractivity contribution in [3.8, 4) is 0 Å². The summed E-state index contributed by atoms with van der Waals surface area (Å²) in [5, 5.41) is 6.65. The Balaban J connectivity index is 1.80. The van der Waals surface area contributed by atoms with Crippen LogP contribution in [0.1, 0.15) is 46.1 Å². The zero-order valence-electron chi connectivity index (χ0n) is 17.2. The Bertz CT molecular complexity index is 1040. The number of fused-ring (bicyclic) bond motifs is 3. The number of hydrogen-bond acceptors (Lipinski definition) is 6. The Hall–Kier alpha value is -2.42. The number of hydrazone groups is 1. The van der Waals surface area contributed by atoms with Crippen molar-refractivity contribution in [3.63, 3.8) is 0 Å². The van der Waals surface area contributed by atoms with Gasteiger partial charge in [-0.15, -0.1) is 0 Å². The highest BCUT2D eigenvalue weighted by Crippen LogP contribution is 2.29. The van der Waals surface area contributed by atoms with Crippen LogP contribution in [0.3, 0.4) is 0 Å². The van der Waals surface area contributed by atoms with E-state index in [0.717, 1.165) is 25.3 Å². The number of anilines is 1. The number of aryl methyl sites for hydroxylation is 1. The minimum absolute atomic E-state index is 0.0817. The van der Waals surface area contributed by atoms with Crippen molar-refractivity contribution in [3.05, 3.63) is 20.8 Å². The molecule has 0 N–H and O–H groups in total. The minimum atomic E-state index is -0.333. The first-order valence-electron chi connectivity index (χ1n) is 10.2. The van der Waals surface area contributed by atoms with Crippen LogP contribution < -0.4 is 16.3 Å². The van der Waals surface area contributed by atoms with Gasteiger partial charge in [0.1, 0.15) is 0 Å². The lowest BCUT2D eigenvalue weighted by atomic mass is 10.1. The molecule has 2 aromatic heterocycles. The summed E-state index contributed by atoms with van der Waals surface area (Å²) in [6.07, 6.45) is 3.80. The normalized spacial score (nSPS) is 20.5. The van der Waals surface area contributed by atoms with Gasteiger partial charge in [-0.2, -0.15) is 10.1 Å². The van der Waals surface area contributed by atoms with Crippen LogP contribution in [0.25, 0.3) is 11.2 Å². The maximum atomic E-state index is 13.1. The molecule has 28 heavy (non-hydrogen) atoms. The third-order valence-electron chi connectivity index (χ3n) is 6.05. The van der Waals surface area contributed by atoms with E-state index in [1.807, 2.05) is 30.3 Å². The fourth-order valence-corrected chi connectivity index (χ4v) is 4.23. The average molecular weight is 387 g/mol. The van der Waals surface area contributed by atoms with Crippen molar-refractivity contribution in [2.45, 2.75) is 52.6 Å². The predicted octanol–water partition coefficient (Wildman–Crippen LogP) is 1.16. The summed E-state index contributed by atoms with van der Waals surface area (Å²) in [4.78, 5) is 32.7. The van der Waals surface area contributed by atoms with Gasteiger partial charge in [-0.1, -0.05) is 6.42 Å². The highest BCUT2D eigenvalue weighted by atomic mass is 16.2. The summed E-state index contributed by atoms with van der Waals surface area (Å²) >= 11 is 0. The number of rotatable bonds is 4. The molecule has 1 atom stereocenters. The van der Waals surface area contributed by atoms with Gasteiger partial charge in [-0.25, -0.2) is 9.80 Å². The monoisotopic (exact) mass is 387 g/mol. The lowest BCUT2D eigenvalue weighted by molar-refractivity contribution is 0.233. The molecule has 0 unspecified atom stereocenters. The number of likely N-dealkylation sites (tertiary alicyclic amines) is 1. The minimum Gasteiger partial charge on any atom is -0.301 e. The van der Waals surface area contributed by atoms with Gasteiger partial charge in [-0.05, 0) is 46.7 Å². The van der Waals surface area contributed by atoms with E-state index >= 15 is 0 Å². The van der Waals surface area contributed by atoms with Gasteiger partial charge in [0.05, 0.1) is 18.3 Å². The second-order valence-electron chi connectivity index (χ2n) is 7.79. The molecule has 1 saturated heterocycles. The zero-order chi connectivity index (χ0) is 20.0. The van der Waals surface area contributed by atoms with E-state index in [-0.39, 0.29) is 17.3 Å². The SMILES string of the molecule is CCn1c(=O)c2c(nc3n2[C@@H](C)C(C)=NN3CCN2CCCCC2)n(C)c1=O. The molecule has 0 bridgehead atoms. The van der Waals surface area contributed by atoms with Crippen LogP contribution in [0.15, 0.2) is 14.7 Å². The molecule has 0 aliphatic carbocycles. The molecule has 0 amide bonds. The second kappa shape index (κ2) is 7.20. The first-order chi connectivity index (χ1) is 13.4. The number of aromatic nitrogens is 4. The van der Waals surface area contributed by atoms with Crippen molar-refractivity contribution < 1.29 is 0 Å². The molecule has 9 nitrogen and oxygen atoms in total. The molecule has 2 aromatic rings. The Labute approximate surface area is 163 Å². The molecule has 0 aromatic carbocycles. The molecule has 4 heterocycles. The van der Waals surface area contributed by atoms with E-state index in [0.29, 0.717) is 30.2 Å². The van der Waals surface area contributed by atoms with Crippen molar-refractivity contribution in [2.24, 2.45) is 12.1 Å². The lowest BCUT2D eigenvalue weighted by Gasteiger charge is -2.32. The molecule has 0 spiro atoms. The predicted molar refractivity (Wildman–Crippen MR) is 110 cm³/mol. The van der Waals surface area contributed by atoms with Gasteiger partial charge >= 0.3 is 5.69 Å². The van der Waals surface area contributed by atoms with Crippen molar-refractivity contribution >= 4 is 22.8 Å². The van der Waals surface area contributed by atoms with Crippen molar-refractivity contribution in [2.75, 3.05) is 31.2 Å². The van der Waals surface area contributed by atoms with Crippen LogP contribution >= 0.6 is 0 Å². The summed E-state index contributed by atoms with van der Waals surface area (Å²) < 4.78 is 4.68. The standard InChI is InChI=1S/C19H29N7O2/c1-5-24-17(27)15-16(22(4)19(24)28)20-18-25(21-13(2)14(3)26(15)18)12-11-23-9-7-6-8-10-23/h14H,5-12H2,1-4H3/t14-/m0/s1. The summed E-state index contributed by atoms with van der Waals surface area (Å²) in [6.45, 7) is 10.0. The third-order valence-corrected chi connectivity index (χ3v) is 6.05. The molecule has 4 rings (SSSR count). The van der Waals surface area contributed by atoms with Crippen LogP contribution in [0, 0.1) is 0 Å². The van der Waals surface area contributed by atoms with E-state index in [1.165, 1.54) is 28.4 Å². The summed E-state index contributed by atoms with van der Waals surface area (Å²) in [5.74, 6) is 0.645. The fourth-order valence-electron chi connectivity index (χ4n) is 4.23. The maximum Gasteiger partial charge on any atom is 0.332 e. The Morgan fingerprint density at radius 2 is 1.82 bits per heavy atom. The Morgan fingerprint density at radius 3 is 2.50 bits per heavy atom. The molecular formula is C19H29N7O2. The zero-order valence-corrected chi connectivity index (χ0v) is 17.2. The van der Waals surface area contributed by atoms with E-state index < -0.39 is 0 Å². The topological polar surface area (TPSA) is 80.7 Å². The fraction of sp³-hybridized carbons (Fsp3) is 0.684. The van der Waals surface area contributed by atoms with Crippen LogP contribution in [-0.2, 0) is 13.6 Å². The van der Waals surface area contributed by atoms with E-state index in [1.54, 1.807) is 7.05 Å². The highest BCUT2D eigenvalue weighted by Gasteiger charge is 2.30. The number of imidazole rings is 1. The summed E-state index contributed by atoms with van der Waals surface area (Å²) in [6, 6.07) is -0.0817. The molecule has 1 fully saturated rings. The quantitative estimate of drug-likeness (QED) is 0.786. The van der Waals surface area contributed by atoms with Gasteiger partial charge in [-0.3, -0.25) is 18.5 Å². The highest BCUT2D eigenvalue weighted by molar-refractivity contribution is 5.91. The molecule has 9 heteroatoms. The van der Waals surface area contributed by atoms with E-state index in [4.69, 9.17) is 10.1 Å². The van der Waals surface area contributed by atoms with Crippen LogP contribution in [0.2, 0.25) is 0 Å². The summed E-state index contributed by atoms with van der Waals surface area (Å²) in [7, 11) is 1.67. The summed E-state index contributed by atoms with van der Waals surface area (Å²) in [5.41, 5.74) is 1.22. The number of nitrogens with zero attached hydrogens (tertiary/aromatic N) is 7. The molecular weight excluding hydrogens is 358 g/mol. The molecule has 2 aliphatic heterocycles.